The van der Waals surface area contributed by atoms with E-state index in [1.54, 1.807) is 20.9 Å². The molecule has 2 rings (SSSR count). The summed E-state index contributed by atoms with van der Waals surface area (Å²) in [4.78, 5) is 0. The van der Waals surface area contributed by atoms with E-state index in [1.807, 2.05) is 0 Å². The summed E-state index contributed by atoms with van der Waals surface area (Å²) in [5, 5.41) is 6.82. The lowest BCUT2D eigenvalue weighted by atomic mass is 9.89. The summed E-state index contributed by atoms with van der Waals surface area (Å²) in [6.07, 6.45) is -4.47. The number of halogens is 3. The predicted molar refractivity (Wildman–Crippen MR) is 59.2 cm³/mol. The average Bonchev–Trinajstić information content (AvgIpc) is 2.53. The van der Waals surface area contributed by atoms with Crippen LogP contribution in [-0.4, -0.2) is 35.7 Å². The molecule has 4 nitrogen and oxygen atoms in total. The predicted octanol–water partition coefficient (Wildman–Crippen LogP) is 1.41. The Morgan fingerprint density at radius 2 is 2.06 bits per heavy atom. The van der Waals surface area contributed by atoms with Crippen LogP contribution in [0.3, 0.4) is 0 Å². The normalized spacial score (nSPS) is 25.4. The molecule has 1 unspecified atom stereocenters. The van der Waals surface area contributed by atoms with Crippen molar-refractivity contribution in [2.45, 2.75) is 25.6 Å². The average molecular weight is 263 g/mol. The van der Waals surface area contributed by atoms with Crippen LogP contribution in [0.5, 0.6) is 0 Å². The molecule has 102 valence electrons. The van der Waals surface area contributed by atoms with E-state index in [0.717, 1.165) is 0 Å². The molecule has 1 atom stereocenters. The minimum absolute atomic E-state index is 0.0350. The third kappa shape index (κ3) is 1.81. The molecule has 1 fully saturated rings. The molecular formula is C11H16F3N3O. The highest BCUT2D eigenvalue weighted by Gasteiger charge is 2.60. The van der Waals surface area contributed by atoms with Gasteiger partial charge in [-0.1, -0.05) is 0 Å². The van der Waals surface area contributed by atoms with Crippen LogP contribution in [0.15, 0.2) is 0 Å². The van der Waals surface area contributed by atoms with Gasteiger partial charge in [-0.25, -0.2) is 0 Å². The highest BCUT2D eigenvalue weighted by Crippen LogP contribution is 2.45. The van der Waals surface area contributed by atoms with Crippen LogP contribution in [0.1, 0.15) is 17.0 Å². The van der Waals surface area contributed by atoms with Gasteiger partial charge in [0.1, 0.15) is 0 Å². The molecular weight excluding hydrogens is 247 g/mol. The van der Waals surface area contributed by atoms with Gasteiger partial charge in [0.15, 0.2) is 0 Å². The number of hydrogen-bond acceptors (Lipinski definition) is 3. The van der Waals surface area contributed by atoms with E-state index in [-0.39, 0.29) is 18.7 Å². The van der Waals surface area contributed by atoms with Crippen LogP contribution in [0.25, 0.3) is 0 Å². The van der Waals surface area contributed by atoms with E-state index in [0.29, 0.717) is 17.9 Å². The Morgan fingerprint density at radius 3 is 2.44 bits per heavy atom. The van der Waals surface area contributed by atoms with Crippen molar-refractivity contribution in [2.75, 3.05) is 19.7 Å². The Hall–Kier alpha value is -1.08. The minimum atomic E-state index is -4.47. The second-order valence-corrected chi connectivity index (χ2v) is 4.52. The van der Waals surface area contributed by atoms with Gasteiger partial charge in [0.25, 0.3) is 0 Å². The molecule has 2 heterocycles. The quantitative estimate of drug-likeness (QED) is 0.832. The first-order chi connectivity index (χ1) is 8.29. The Morgan fingerprint density at radius 1 is 1.39 bits per heavy atom. The highest BCUT2D eigenvalue weighted by molar-refractivity contribution is 5.34. The molecule has 18 heavy (non-hydrogen) atoms. The standard InChI is InChI=1S/C11H16F3N3O/c1-7-9(8(2)17(3)16-7)10(11(12,13)14)6-15-4-5-18-10/h15H,4-6H2,1-3H3. The van der Waals surface area contributed by atoms with E-state index in [4.69, 9.17) is 4.74 Å². The fourth-order valence-electron chi connectivity index (χ4n) is 2.46. The molecule has 0 radical (unpaired) electrons. The van der Waals surface area contributed by atoms with Crippen molar-refractivity contribution in [3.63, 3.8) is 0 Å². The van der Waals surface area contributed by atoms with Gasteiger partial charge in [-0.3, -0.25) is 4.68 Å². The van der Waals surface area contributed by atoms with Gasteiger partial charge in [0, 0.05) is 31.4 Å². The molecule has 0 spiro atoms. The number of rotatable bonds is 1. The topological polar surface area (TPSA) is 39.1 Å². The molecule has 1 saturated heterocycles. The first-order valence-corrected chi connectivity index (χ1v) is 5.71. The van der Waals surface area contributed by atoms with Gasteiger partial charge in [0.2, 0.25) is 5.60 Å². The van der Waals surface area contributed by atoms with Gasteiger partial charge in [-0.05, 0) is 13.8 Å². The van der Waals surface area contributed by atoms with E-state index < -0.39 is 11.8 Å². The van der Waals surface area contributed by atoms with Crippen LogP contribution in [0.2, 0.25) is 0 Å². The van der Waals surface area contributed by atoms with Crippen molar-refractivity contribution in [2.24, 2.45) is 7.05 Å². The zero-order valence-electron chi connectivity index (χ0n) is 10.6. The Labute approximate surface area is 103 Å². The number of ether oxygens (including phenoxy) is 1. The number of hydrogen-bond donors (Lipinski definition) is 1. The number of nitrogens with one attached hydrogen (secondary N) is 1. The Bertz CT molecular complexity index is 447. The number of alkyl halides is 3. The SMILES string of the molecule is Cc1nn(C)c(C)c1C1(C(F)(F)F)CNCCO1. The zero-order valence-corrected chi connectivity index (χ0v) is 10.6. The van der Waals surface area contributed by atoms with Crippen LogP contribution >= 0.6 is 0 Å². The summed E-state index contributed by atoms with van der Waals surface area (Å²) in [7, 11) is 1.63. The number of aryl methyl sites for hydroxylation is 2. The molecule has 0 saturated carbocycles. The summed E-state index contributed by atoms with van der Waals surface area (Å²) in [6.45, 7) is 3.39. The van der Waals surface area contributed by atoms with Crippen LogP contribution in [-0.2, 0) is 17.4 Å². The number of morpholine rings is 1. The fraction of sp³-hybridized carbons (Fsp3) is 0.727. The smallest absolute Gasteiger partial charge is 0.358 e. The van der Waals surface area contributed by atoms with Crippen molar-refractivity contribution in [3.05, 3.63) is 17.0 Å². The van der Waals surface area contributed by atoms with Crippen LogP contribution < -0.4 is 5.32 Å². The second kappa shape index (κ2) is 4.24. The van der Waals surface area contributed by atoms with Gasteiger partial charge >= 0.3 is 6.18 Å². The van der Waals surface area contributed by atoms with Gasteiger partial charge < -0.3 is 10.1 Å². The maximum absolute atomic E-state index is 13.4. The summed E-state index contributed by atoms with van der Waals surface area (Å²) in [5.41, 5.74) is -1.32. The summed E-state index contributed by atoms with van der Waals surface area (Å²) < 4.78 is 47.0. The molecule has 1 aliphatic rings. The molecule has 0 aliphatic carbocycles. The molecule has 0 aromatic carbocycles. The lowest BCUT2D eigenvalue weighted by Gasteiger charge is -2.39. The number of aromatic nitrogens is 2. The molecule has 0 bridgehead atoms. The van der Waals surface area contributed by atoms with E-state index in [2.05, 4.69) is 10.4 Å². The Balaban J connectivity index is 2.60. The van der Waals surface area contributed by atoms with Crippen molar-refractivity contribution in [3.8, 4) is 0 Å². The molecule has 1 aromatic heterocycles. The molecule has 1 aliphatic heterocycles. The maximum Gasteiger partial charge on any atom is 0.423 e. The van der Waals surface area contributed by atoms with Crippen LogP contribution in [0, 0.1) is 13.8 Å². The van der Waals surface area contributed by atoms with Gasteiger partial charge in [0.05, 0.1) is 12.3 Å². The summed E-state index contributed by atoms with van der Waals surface area (Å²) >= 11 is 0. The lowest BCUT2D eigenvalue weighted by Crippen LogP contribution is -2.56. The summed E-state index contributed by atoms with van der Waals surface area (Å²) in [5.74, 6) is 0. The summed E-state index contributed by atoms with van der Waals surface area (Å²) in [6, 6.07) is 0. The van der Waals surface area contributed by atoms with Crippen molar-refractivity contribution in [1.29, 1.82) is 0 Å². The monoisotopic (exact) mass is 263 g/mol. The third-order valence-electron chi connectivity index (χ3n) is 3.37. The third-order valence-corrected chi connectivity index (χ3v) is 3.37. The molecule has 1 aromatic rings. The highest BCUT2D eigenvalue weighted by atomic mass is 19.4. The Kier molecular flexibility index (Phi) is 3.14. The largest absolute Gasteiger partial charge is 0.423 e. The van der Waals surface area contributed by atoms with Gasteiger partial charge in [-0.2, -0.15) is 18.3 Å². The van der Waals surface area contributed by atoms with E-state index in [1.165, 1.54) is 4.68 Å². The first-order valence-electron chi connectivity index (χ1n) is 5.71. The van der Waals surface area contributed by atoms with Crippen LogP contribution in [0.4, 0.5) is 13.2 Å². The zero-order chi connectivity index (χ0) is 13.6. The first kappa shape index (κ1) is 13.4. The van der Waals surface area contributed by atoms with Crippen molar-refractivity contribution < 1.29 is 17.9 Å². The molecule has 1 N–H and O–H groups in total. The van der Waals surface area contributed by atoms with E-state index in [9.17, 15) is 13.2 Å². The van der Waals surface area contributed by atoms with Gasteiger partial charge in [-0.15, -0.1) is 0 Å². The molecule has 7 heteroatoms. The lowest BCUT2D eigenvalue weighted by molar-refractivity contribution is -0.290. The van der Waals surface area contributed by atoms with E-state index >= 15 is 0 Å². The fourth-order valence-corrected chi connectivity index (χ4v) is 2.46. The minimum Gasteiger partial charge on any atom is -0.358 e. The molecule has 0 amide bonds. The van der Waals surface area contributed by atoms with Crippen molar-refractivity contribution >= 4 is 0 Å². The second-order valence-electron chi connectivity index (χ2n) is 4.52. The number of nitrogens with zero attached hydrogens (tertiary/aromatic N) is 2. The maximum atomic E-state index is 13.4. The van der Waals surface area contributed by atoms with Crippen molar-refractivity contribution in [1.82, 2.24) is 15.1 Å².